The number of aliphatic hydroxyl groups excluding tert-OH is 1. The van der Waals surface area contributed by atoms with Gasteiger partial charge < -0.3 is 19.5 Å². The number of hydrogen-bond donors (Lipinski definition) is 1. The molecule has 0 saturated carbocycles. The highest BCUT2D eigenvalue weighted by atomic mass is 16.5. The maximum Gasteiger partial charge on any atom is 0.157 e. The van der Waals surface area contributed by atoms with E-state index in [1.165, 1.54) is 0 Å². The van der Waals surface area contributed by atoms with Gasteiger partial charge in [0.05, 0.1) is 12.6 Å². The Balaban J connectivity index is 1.81. The van der Waals surface area contributed by atoms with Crippen molar-refractivity contribution in [2.75, 3.05) is 32.3 Å². The van der Waals surface area contributed by atoms with Crippen LogP contribution < -0.4 is 9.64 Å². The molecule has 1 N–H and O–H groups in total. The first-order valence-corrected chi connectivity index (χ1v) is 9.55. The monoisotopic (exact) mass is 381 g/mol. The molecule has 0 spiro atoms. The lowest BCUT2D eigenvalue weighted by molar-refractivity contribution is 0.110. The molecule has 28 heavy (non-hydrogen) atoms. The predicted molar refractivity (Wildman–Crippen MR) is 111 cm³/mol. The molecule has 0 aliphatic heterocycles. The normalized spacial score (nSPS) is 11.0. The van der Waals surface area contributed by atoms with E-state index in [0.717, 1.165) is 47.4 Å². The molecule has 2 aromatic carbocycles. The lowest BCUT2D eigenvalue weighted by atomic mass is 10.2. The summed E-state index contributed by atoms with van der Waals surface area (Å²) in [6.45, 7) is 1.24. The van der Waals surface area contributed by atoms with Crippen LogP contribution in [-0.2, 0) is 11.3 Å². The summed E-state index contributed by atoms with van der Waals surface area (Å²) in [7, 11) is 3.66. The number of para-hydroxylation sites is 1. The Morgan fingerprint density at radius 2 is 1.75 bits per heavy atom. The zero-order valence-electron chi connectivity index (χ0n) is 16.5. The third-order valence-corrected chi connectivity index (χ3v) is 4.58. The van der Waals surface area contributed by atoms with E-state index in [1.54, 1.807) is 7.11 Å². The van der Waals surface area contributed by atoms with Crippen molar-refractivity contribution in [1.29, 1.82) is 0 Å². The minimum Gasteiger partial charge on any atom is -0.497 e. The summed E-state index contributed by atoms with van der Waals surface area (Å²) >= 11 is 0. The van der Waals surface area contributed by atoms with Crippen LogP contribution in [-0.4, -0.2) is 42.4 Å². The number of hydrogen-bond acceptors (Lipinski definition) is 6. The van der Waals surface area contributed by atoms with Gasteiger partial charge in [0.1, 0.15) is 18.2 Å². The van der Waals surface area contributed by atoms with Gasteiger partial charge in [-0.2, -0.15) is 0 Å². The van der Waals surface area contributed by atoms with E-state index in [4.69, 9.17) is 19.6 Å². The minimum absolute atomic E-state index is 0.231. The first kappa shape index (κ1) is 20.0. The highest BCUT2D eigenvalue weighted by Gasteiger charge is 2.13. The highest BCUT2D eigenvalue weighted by Crippen LogP contribution is 2.29. The van der Waals surface area contributed by atoms with Gasteiger partial charge in [-0.15, -0.1) is 0 Å². The van der Waals surface area contributed by atoms with Gasteiger partial charge in [0.25, 0.3) is 0 Å². The fraction of sp³-hybridized carbons (Fsp3) is 0.364. The zero-order chi connectivity index (χ0) is 19.8. The van der Waals surface area contributed by atoms with Gasteiger partial charge in [-0.1, -0.05) is 12.1 Å². The van der Waals surface area contributed by atoms with Crippen LogP contribution in [0.1, 0.15) is 25.1 Å². The fourth-order valence-electron chi connectivity index (χ4n) is 3.01. The van der Waals surface area contributed by atoms with Gasteiger partial charge in [-0.25, -0.2) is 9.97 Å². The smallest absolute Gasteiger partial charge is 0.157 e. The van der Waals surface area contributed by atoms with Crippen molar-refractivity contribution in [3.8, 4) is 5.75 Å². The number of aromatic nitrogens is 2. The average Bonchev–Trinajstić information content (AvgIpc) is 2.75. The average molecular weight is 381 g/mol. The number of unbranched alkanes of at least 4 members (excludes halogenated alkanes) is 2. The van der Waals surface area contributed by atoms with Crippen LogP contribution in [0, 0.1) is 0 Å². The number of fused-ring (bicyclic) bond motifs is 1. The van der Waals surface area contributed by atoms with Gasteiger partial charge in [-0.05, 0) is 55.7 Å². The number of aliphatic hydroxyl groups is 1. The molecule has 1 aromatic heterocycles. The molecule has 0 aliphatic rings. The van der Waals surface area contributed by atoms with Crippen molar-refractivity contribution in [3.05, 3.63) is 54.4 Å². The summed E-state index contributed by atoms with van der Waals surface area (Å²) in [4.78, 5) is 11.5. The fourth-order valence-corrected chi connectivity index (χ4v) is 3.01. The SMILES string of the molecule is COc1ccc(N(C)c2nc(COCCCCCO)nc3ccccc23)cc1. The topological polar surface area (TPSA) is 67.7 Å². The Labute approximate surface area is 165 Å². The van der Waals surface area contributed by atoms with Gasteiger partial charge in [0.2, 0.25) is 0 Å². The standard InChI is InChI=1S/C22H27N3O3/c1-25(17-10-12-18(27-2)13-11-17)22-19-8-4-5-9-20(19)23-21(24-22)16-28-15-7-3-6-14-26/h4-5,8-13,26H,3,6-7,14-16H2,1-2H3. The van der Waals surface area contributed by atoms with Crippen molar-refractivity contribution < 1.29 is 14.6 Å². The first-order valence-electron chi connectivity index (χ1n) is 9.55. The number of rotatable bonds is 10. The largest absolute Gasteiger partial charge is 0.497 e. The molecule has 0 unspecified atom stereocenters. The van der Waals surface area contributed by atoms with Crippen LogP contribution in [0.4, 0.5) is 11.5 Å². The molecule has 1 heterocycles. The van der Waals surface area contributed by atoms with Crippen molar-refractivity contribution in [2.24, 2.45) is 0 Å². The summed E-state index contributed by atoms with van der Waals surface area (Å²) in [6, 6.07) is 15.9. The molecule has 0 aliphatic carbocycles. The van der Waals surface area contributed by atoms with Crippen molar-refractivity contribution >= 4 is 22.4 Å². The Hall–Kier alpha value is -2.70. The number of anilines is 2. The molecule has 3 aromatic rings. The maximum atomic E-state index is 8.83. The van der Waals surface area contributed by atoms with E-state index in [2.05, 4.69) is 4.98 Å². The highest BCUT2D eigenvalue weighted by molar-refractivity contribution is 5.91. The Kier molecular flexibility index (Phi) is 7.17. The molecule has 6 nitrogen and oxygen atoms in total. The number of ether oxygens (including phenoxy) is 2. The Morgan fingerprint density at radius 1 is 0.964 bits per heavy atom. The molecule has 0 fully saturated rings. The summed E-state index contributed by atoms with van der Waals surface area (Å²) in [5, 5.41) is 9.83. The second-order valence-corrected chi connectivity index (χ2v) is 6.57. The van der Waals surface area contributed by atoms with E-state index in [9.17, 15) is 0 Å². The minimum atomic E-state index is 0.231. The molecule has 6 heteroatoms. The van der Waals surface area contributed by atoms with Crippen LogP contribution in [0.25, 0.3) is 10.9 Å². The molecule has 0 amide bonds. The lowest BCUT2D eigenvalue weighted by Crippen LogP contribution is -2.14. The van der Waals surface area contributed by atoms with Crippen LogP contribution in [0.3, 0.4) is 0 Å². The van der Waals surface area contributed by atoms with E-state index >= 15 is 0 Å². The third-order valence-electron chi connectivity index (χ3n) is 4.58. The van der Waals surface area contributed by atoms with Gasteiger partial charge in [0.15, 0.2) is 5.82 Å². The van der Waals surface area contributed by atoms with Crippen LogP contribution >= 0.6 is 0 Å². The molecular formula is C22H27N3O3. The molecule has 0 atom stereocenters. The van der Waals surface area contributed by atoms with E-state index < -0.39 is 0 Å². The van der Waals surface area contributed by atoms with E-state index in [0.29, 0.717) is 19.0 Å². The van der Waals surface area contributed by atoms with Crippen molar-refractivity contribution in [2.45, 2.75) is 25.9 Å². The molecular weight excluding hydrogens is 354 g/mol. The molecule has 148 valence electrons. The van der Waals surface area contributed by atoms with E-state index in [-0.39, 0.29) is 6.61 Å². The molecule has 0 saturated heterocycles. The van der Waals surface area contributed by atoms with Crippen LogP contribution in [0.15, 0.2) is 48.5 Å². The van der Waals surface area contributed by atoms with E-state index in [1.807, 2.05) is 60.5 Å². The Morgan fingerprint density at radius 3 is 2.50 bits per heavy atom. The number of benzene rings is 2. The first-order chi connectivity index (χ1) is 13.7. The van der Waals surface area contributed by atoms with Crippen molar-refractivity contribution in [3.63, 3.8) is 0 Å². The van der Waals surface area contributed by atoms with Crippen molar-refractivity contribution in [1.82, 2.24) is 9.97 Å². The summed E-state index contributed by atoms with van der Waals surface area (Å²) in [5.74, 6) is 2.32. The van der Waals surface area contributed by atoms with Gasteiger partial charge in [0, 0.05) is 31.3 Å². The van der Waals surface area contributed by atoms with Crippen LogP contribution in [0.5, 0.6) is 5.75 Å². The number of nitrogens with zero attached hydrogens (tertiary/aromatic N) is 3. The third kappa shape index (κ3) is 4.97. The second kappa shape index (κ2) is 10.0. The lowest BCUT2D eigenvalue weighted by Gasteiger charge is -2.21. The van der Waals surface area contributed by atoms with Gasteiger partial charge >= 0.3 is 0 Å². The van der Waals surface area contributed by atoms with Crippen LogP contribution in [0.2, 0.25) is 0 Å². The molecule has 3 rings (SSSR count). The molecule has 0 bridgehead atoms. The summed E-state index contributed by atoms with van der Waals surface area (Å²) < 4.78 is 11.0. The summed E-state index contributed by atoms with van der Waals surface area (Å²) in [6.07, 6.45) is 2.69. The quantitative estimate of drug-likeness (QED) is 0.534. The van der Waals surface area contributed by atoms with Gasteiger partial charge in [-0.3, -0.25) is 0 Å². The molecule has 0 radical (unpaired) electrons. The Bertz CT molecular complexity index is 884. The summed E-state index contributed by atoms with van der Waals surface area (Å²) in [5.41, 5.74) is 1.91. The maximum absolute atomic E-state index is 8.83. The zero-order valence-corrected chi connectivity index (χ0v) is 16.5. The second-order valence-electron chi connectivity index (χ2n) is 6.57. The number of methoxy groups -OCH3 is 1. The predicted octanol–water partition coefficient (Wildman–Crippen LogP) is 4.09.